The van der Waals surface area contributed by atoms with Crippen LogP contribution in [0.3, 0.4) is 0 Å². The smallest absolute Gasteiger partial charge is 0.475 e. The van der Waals surface area contributed by atoms with Gasteiger partial charge in [-0.25, -0.2) is 0 Å². The van der Waals surface area contributed by atoms with Gasteiger partial charge in [-0.05, 0) is 18.8 Å². The molecular weight excluding hydrogens is 239 g/mol. The minimum Gasteiger partial charge on any atom is -0.481 e. The van der Waals surface area contributed by atoms with Gasteiger partial charge in [-0.1, -0.05) is 13.8 Å². The lowest BCUT2D eigenvalue weighted by atomic mass is 9.75. The summed E-state index contributed by atoms with van der Waals surface area (Å²) < 4.78 is 0. The van der Waals surface area contributed by atoms with E-state index in [1.165, 1.54) is 0 Å². The molecular formula is C10H21BN2O5. The monoisotopic (exact) mass is 260 g/mol. The van der Waals surface area contributed by atoms with Crippen molar-refractivity contribution in [1.82, 2.24) is 5.32 Å². The molecule has 0 saturated carbocycles. The van der Waals surface area contributed by atoms with E-state index in [0.717, 1.165) is 0 Å². The summed E-state index contributed by atoms with van der Waals surface area (Å²) >= 11 is 0. The average molecular weight is 260 g/mol. The third-order valence-electron chi connectivity index (χ3n) is 2.42. The first-order valence-electron chi connectivity index (χ1n) is 5.88. The summed E-state index contributed by atoms with van der Waals surface area (Å²) in [6.07, 6.45) is 0.206. The molecule has 2 atom stereocenters. The van der Waals surface area contributed by atoms with E-state index in [-0.39, 0.29) is 18.8 Å². The third kappa shape index (κ3) is 7.26. The Morgan fingerprint density at radius 2 is 1.89 bits per heavy atom. The molecule has 1 amide bonds. The highest BCUT2D eigenvalue weighted by atomic mass is 16.4. The molecule has 0 heterocycles. The Hall–Kier alpha value is -1.12. The number of aliphatic carboxylic acids is 1. The van der Waals surface area contributed by atoms with Gasteiger partial charge in [0, 0.05) is 6.42 Å². The van der Waals surface area contributed by atoms with Crippen molar-refractivity contribution in [1.29, 1.82) is 0 Å². The average Bonchev–Trinajstić information content (AvgIpc) is 2.23. The van der Waals surface area contributed by atoms with E-state index in [2.05, 4.69) is 5.32 Å². The number of nitrogens with one attached hydrogen (secondary N) is 1. The highest BCUT2D eigenvalue weighted by Gasteiger charge is 2.27. The van der Waals surface area contributed by atoms with Crippen LogP contribution >= 0.6 is 0 Å². The van der Waals surface area contributed by atoms with Gasteiger partial charge in [-0.2, -0.15) is 0 Å². The quantitative estimate of drug-likeness (QED) is 0.345. The Bertz CT molecular complexity index is 285. The van der Waals surface area contributed by atoms with E-state index in [1.54, 1.807) is 0 Å². The third-order valence-corrected chi connectivity index (χ3v) is 2.42. The molecule has 0 aromatic carbocycles. The van der Waals surface area contributed by atoms with Crippen molar-refractivity contribution in [2.45, 2.75) is 45.1 Å². The minimum atomic E-state index is -1.66. The predicted octanol–water partition coefficient (Wildman–Crippen LogP) is -1.28. The van der Waals surface area contributed by atoms with Gasteiger partial charge in [0.2, 0.25) is 5.91 Å². The van der Waals surface area contributed by atoms with Crippen LogP contribution < -0.4 is 11.1 Å². The first-order chi connectivity index (χ1) is 8.23. The number of carboxylic acid groups (broad SMARTS) is 1. The molecule has 0 aliphatic carbocycles. The van der Waals surface area contributed by atoms with E-state index in [4.69, 9.17) is 20.9 Å². The summed E-state index contributed by atoms with van der Waals surface area (Å²) in [6.45, 7) is 3.76. The fraction of sp³-hybridized carbons (Fsp3) is 0.800. The zero-order valence-corrected chi connectivity index (χ0v) is 10.7. The first kappa shape index (κ1) is 16.9. The van der Waals surface area contributed by atoms with E-state index >= 15 is 0 Å². The van der Waals surface area contributed by atoms with Gasteiger partial charge in [0.15, 0.2) is 0 Å². The number of carboxylic acids is 1. The topological polar surface area (TPSA) is 133 Å². The van der Waals surface area contributed by atoms with Gasteiger partial charge in [-0.3, -0.25) is 9.59 Å². The lowest BCUT2D eigenvalue weighted by molar-refractivity contribution is -0.137. The van der Waals surface area contributed by atoms with Gasteiger partial charge in [-0.15, -0.1) is 0 Å². The van der Waals surface area contributed by atoms with Crippen LogP contribution in [0.1, 0.15) is 33.1 Å². The van der Waals surface area contributed by atoms with Crippen LogP contribution in [0.15, 0.2) is 0 Å². The first-order valence-corrected chi connectivity index (χ1v) is 5.88. The van der Waals surface area contributed by atoms with Crippen molar-refractivity contribution >= 4 is 19.0 Å². The largest absolute Gasteiger partial charge is 0.481 e. The molecule has 0 spiro atoms. The second kappa shape index (κ2) is 8.07. The van der Waals surface area contributed by atoms with E-state index in [0.29, 0.717) is 6.42 Å². The number of amides is 1. The van der Waals surface area contributed by atoms with Gasteiger partial charge in [0.25, 0.3) is 0 Å². The van der Waals surface area contributed by atoms with Gasteiger partial charge in [0.1, 0.15) is 0 Å². The molecule has 0 saturated heterocycles. The maximum Gasteiger partial charge on any atom is 0.475 e. The van der Waals surface area contributed by atoms with Crippen molar-refractivity contribution < 1.29 is 24.7 Å². The number of hydrogen-bond acceptors (Lipinski definition) is 5. The summed E-state index contributed by atoms with van der Waals surface area (Å²) in [4.78, 5) is 21.9. The van der Waals surface area contributed by atoms with Crippen LogP contribution in [0.5, 0.6) is 0 Å². The zero-order valence-electron chi connectivity index (χ0n) is 10.7. The summed E-state index contributed by atoms with van der Waals surface area (Å²) in [5.41, 5.74) is 5.51. The minimum absolute atomic E-state index is 0.0110. The van der Waals surface area contributed by atoms with Crippen molar-refractivity contribution in [3.8, 4) is 0 Å². The zero-order chi connectivity index (χ0) is 14.3. The Balaban J connectivity index is 4.27. The molecule has 0 rings (SSSR count). The van der Waals surface area contributed by atoms with Crippen molar-refractivity contribution in [3.05, 3.63) is 0 Å². The molecule has 0 radical (unpaired) electrons. The maximum absolute atomic E-state index is 11.6. The Morgan fingerprint density at radius 1 is 1.33 bits per heavy atom. The number of carbonyl (C=O) groups excluding carboxylic acids is 1. The van der Waals surface area contributed by atoms with Crippen LogP contribution in [-0.2, 0) is 9.59 Å². The van der Waals surface area contributed by atoms with Crippen LogP contribution in [0.25, 0.3) is 0 Å². The molecule has 104 valence electrons. The van der Waals surface area contributed by atoms with E-state index in [9.17, 15) is 9.59 Å². The molecule has 0 bridgehead atoms. The maximum atomic E-state index is 11.6. The molecule has 6 N–H and O–H groups in total. The molecule has 8 heteroatoms. The summed E-state index contributed by atoms with van der Waals surface area (Å²) in [5.74, 6) is -2.23. The lowest BCUT2D eigenvalue weighted by Gasteiger charge is -2.21. The summed E-state index contributed by atoms with van der Waals surface area (Å²) in [6, 6.07) is -0.963. The molecule has 0 aromatic heterocycles. The fourth-order valence-electron chi connectivity index (χ4n) is 1.46. The number of nitrogens with two attached hydrogens (primary N) is 1. The van der Waals surface area contributed by atoms with Crippen molar-refractivity contribution in [2.24, 2.45) is 11.7 Å². The number of rotatable bonds is 8. The molecule has 0 aliphatic rings. The van der Waals surface area contributed by atoms with Gasteiger partial charge in [0.05, 0.1) is 12.0 Å². The second-order valence-electron chi connectivity index (χ2n) is 4.70. The SMILES string of the molecule is CC(C)C[C@H](NC(=O)[C@@H](N)CCC(=O)O)B(O)O. The van der Waals surface area contributed by atoms with Crippen LogP contribution in [0.2, 0.25) is 0 Å². The second-order valence-corrected chi connectivity index (χ2v) is 4.70. The summed E-state index contributed by atoms with van der Waals surface area (Å²) in [5, 5.41) is 29.1. The Labute approximate surface area is 107 Å². The predicted molar refractivity (Wildman–Crippen MR) is 66.4 cm³/mol. The Kier molecular flexibility index (Phi) is 7.57. The highest BCUT2D eigenvalue weighted by Crippen LogP contribution is 2.06. The standard InChI is InChI=1S/C10H21BN2O5/c1-6(2)5-8(11(17)18)13-10(16)7(12)3-4-9(14)15/h6-8,17-18H,3-5,12H2,1-2H3,(H,13,16)(H,14,15)/t7-,8-/m0/s1. The number of hydrogen-bond donors (Lipinski definition) is 5. The molecule has 18 heavy (non-hydrogen) atoms. The fourth-order valence-corrected chi connectivity index (χ4v) is 1.46. The molecule has 0 fully saturated rings. The summed E-state index contributed by atoms with van der Waals surface area (Å²) in [7, 11) is -1.66. The normalized spacial score (nSPS) is 14.1. The molecule has 0 aliphatic heterocycles. The highest BCUT2D eigenvalue weighted by molar-refractivity contribution is 6.43. The van der Waals surface area contributed by atoms with E-state index < -0.39 is 31.0 Å². The molecule has 7 nitrogen and oxygen atoms in total. The van der Waals surface area contributed by atoms with Crippen molar-refractivity contribution in [2.75, 3.05) is 0 Å². The van der Waals surface area contributed by atoms with E-state index in [1.807, 2.05) is 13.8 Å². The number of carbonyl (C=O) groups is 2. The molecule has 0 aromatic rings. The van der Waals surface area contributed by atoms with Crippen LogP contribution in [0, 0.1) is 5.92 Å². The Morgan fingerprint density at radius 3 is 2.28 bits per heavy atom. The van der Waals surface area contributed by atoms with Gasteiger partial charge < -0.3 is 26.2 Å². The lowest BCUT2D eigenvalue weighted by Crippen LogP contribution is -2.52. The van der Waals surface area contributed by atoms with Crippen LogP contribution in [-0.4, -0.2) is 46.1 Å². The van der Waals surface area contributed by atoms with Crippen LogP contribution in [0.4, 0.5) is 0 Å². The molecule has 0 unspecified atom stereocenters. The van der Waals surface area contributed by atoms with Crippen molar-refractivity contribution in [3.63, 3.8) is 0 Å². The van der Waals surface area contributed by atoms with Gasteiger partial charge >= 0.3 is 13.1 Å².